The average Bonchev–Trinajstić information content (AvgIpc) is 2.50. The molecular weight excluding hydrogens is 196 g/mol. The van der Waals surface area contributed by atoms with Gasteiger partial charge in [-0.2, -0.15) is 0 Å². The van der Waals surface area contributed by atoms with E-state index in [-0.39, 0.29) is 5.76 Å². The smallest absolute Gasteiger partial charge is 0.403 e. The van der Waals surface area contributed by atoms with Crippen molar-refractivity contribution >= 4 is 5.88 Å². The van der Waals surface area contributed by atoms with Crippen LogP contribution in [0.3, 0.4) is 0 Å². The van der Waals surface area contributed by atoms with Crippen molar-refractivity contribution in [2.75, 3.05) is 6.54 Å². The molecule has 76 valence electrons. The highest BCUT2D eigenvalue weighted by Crippen LogP contribution is 2.21. The summed E-state index contributed by atoms with van der Waals surface area (Å²) in [6, 6.07) is 2.16. The Kier molecular flexibility index (Phi) is 2.77. The number of aliphatic hydroxyl groups excluding tert-OH is 1. The van der Waals surface area contributed by atoms with E-state index in [1.165, 1.54) is 0 Å². The second-order valence-corrected chi connectivity index (χ2v) is 2.46. The lowest BCUT2D eigenvalue weighted by molar-refractivity contribution is -0.492. The van der Waals surface area contributed by atoms with Gasteiger partial charge in [-0.1, -0.05) is 0 Å². The van der Waals surface area contributed by atoms with Crippen LogP contribution in [0, 0.1) is 20.2 Å². The minimum absolute atomic E-state index is 0.187. The number of hydrogen-bond acceptors (Lipinski definition) is 6. The fraction of sp³-hybridized carbons (Fsp3) is 0.333. The third-order valence-corrected chi connectivity index (χ3v) is 1.44. The van der Waals surface area contributed by atoms with Gasteiger partial charge in [-0.25, -0.2) is 0 Å². The molecule has 1 N–H and O–H groups in total. The van der Waals surface area contributed by atoms with Gasteiger partial charge in [-0.15, -0.1) is 0 Å². The molecule has 0 radical (unpaired) electrons. The van der Waals surface area contributed by atoms with Crippen LogP contribution >= 0.6 is 0 Å². The number of rotatable bonds is 4. The quantitative estimate of drug-likeness (QED) is 0.560. The summed E-state index contributed by atoms with van der Waals surface area (Å²) in [5, 5.41) is 29.3. The first-order valence-corrected chi connectivity index (χ1v) is 3.54. The third-order valence-electron chi connectivity index (χ3n) is 1.44. The Balaban J connectivity index is 2.76. The van der Waals surface area contributed by atoms with Crippen molar-refractivity contribution in [3.63, 3.8) is 0 Å². The highest BCUT2D eigenvalue weighted by molar-refractivity contribution is 5.18. The topological polar surface area (TPSA) is 120 Å². The molecule has 1 unspecified atom stereocenters. The summed E-state index contributed by atoms with van der Waals surface area (Å²) >= 11 is 0. The van der Waals surface area contributed by atoms with Gasteiger partial charge in [0, 0.05) is 4.92 Å². The van der Waals surface area contributed by atoms with Crippen molar-refractivity contribution in [1.82, 2.24) is 0 Å². The number of nitro groups is 2. The Morgan fingerprint density at radius 2 is 2.07 bits per heavy atom. The van der Waals surface area contributed by atoms with Crippen LogP contribution in [0.5, 0.6) is 0 Å². The van der Waals surface area contributed by atoms with Crippen molar-refractivity contribution < 1.29 is 19.4 Å². The zero-order valence-corrected chi connectivity index (χ0v) is 6.82. The van der Waals surface area contributed by atoms with Gasteiger partial charge in [0.25, 0.3) is 0 Å². The molecule has 0 aliphatic carbocycles. The van der Waals surface area contributed by atoms with E-state index in [0.29, 0.717) is 0 Å². The molecule has 0 saturated carbocycles. The first-order chi connectivity index (χ1) is 6.50. The van der Waals surface area contributed by atoms with Crippen LogP contribution in [0.25, 0.3) is 0 Å². The Morgan fingerprint density at radius 1 is 1.43 bits per heavy atom. The number of nitrogens with zero attached hydrogens (tertiary/aromatic N) is 2. The van der Waals surface area contributed by atoms with E-state index in [9.17, 15) is 20.2 Å². The van der Waals surface area contributed by atoms with Crippen LogP contribution < -0.4 is 0 Å². The van der Waals surface area contributed by atoms with Crippen molar-refractivity contribution in [2.45, 2.75) is 6.10 Å². The van der Waals surface area contributed by atoms with Crippen molar-refractivity contribution in [3.05, 3.63) is 38.1 Å². The van der Waals surface area contributed by atoms with Crippen LogP contribution in [-0.4, -0.2) is 21.5 Å². The molecule has 0 spiro atoms. The summed E-state index contributed by atoms with van der Waals surface area (Å²) in [6.07, 6.45) is -1.46. The van der Waals surface area contributed by atoms with Crippen LogP contribution in [0.4, 0.5) is 5.88 Å². The highest BCUT2D eigenvalue weighted by Gasteiger charge is 2.21. The van der Waals surface area contributed by atoms with E-state index in [1.54, 1.807) is 0 Å². The van der Waals surface area contributed by atoms with E-state index >= 15 is 0 Å². The lowest BCUT2D eigenvalue weighted by Crippen LogP contribution is -2.10. The van der Waals surface area contributed by atoms with Gasteiger partial charge >= 0.3 is 5.88 Å². The third kappa shape index (κ3) is 2.26. The van der Waals surface area contributed by atoms with Gasteiger partial charge in [0.15, 0.2) is 6.10 Å². The standard InChI is InChI=1S/C6H6N2O6/c9-4(3-7(10)11)5-1-2-6(14-5)8(12)13/h1-2,4,9H,3H2. The molecule has 0 fully saturated rings. The minimum atomic E-state index is -1.46. The Bertz CT molecular complexity index is 359. The number of hydrogen-bond donors (Lipinski definition) is 1. The van der Waals surface area contributed by atoms with Crippen LogP contribution in [0.1, 0.15) is 11.9 Å². The lowest BCUT2D eigenvalue weighted by Gasteiger charge is -1.99. The minimum Gasteiger partial charge on any atom is -0.403 e. The van der Waals surface area contributed by atoms with Gasteiger partial charge in [0.1, 0.15) is 10.7 Å². The maximum Gasteiger partial charge on any atom is 0.433 e. The molecule has 1 aromatic rings. The predicted octanol–water partition coefficient (Wildman–Crippen LogP) is 0.498. The fourth-order valence-electron chi connectivity index (χ4n) is 0.851. The maximum atomic E-state index is 10.2. The molecule has 1 atom stereocenters. The molecule has 1 aromatic heterocycles. The van der Waals surface area contributed by atoms with Crippen molar-refractivity contribution in [3.8, 4) is 0 Å². The summed E-state index contributed by atoms with van der Waals surface area (Å²) in [4.78, 5) is 18.6. The first-order valence-electron chi connectivity index (χ1n) is 3.54. The van der Waals surface area contributed by atoms with E-state index in [1.807, 2.05) is 0 Å². The molecule has 0 aromatic carbocycles. The molecule has 8 heteroatoms. The second kappa shape index (κ2) is 3.83. The van der Waals surface area contributed by atoms with Gasteiger partial charge in [0.2, 0.25) is 6.54 Å². The molecule has 0 bridgehead atoms. The molecule has 1 heterocycles. The van der Waals surface area contributed by atoms with Crippen LogP contribution in [-0.2, 0) is 0 Å². The van der Waals surface area contributed by atoms with Gasteiger partial charge < -0.3 is 9.52 Å². The fourth-order valence-corrected chi connectivity index (χ4v) is 0.851. The van der Waals surface area contributed by atoms with Crippen molar-refractivity contribution in [1.29, 1.82) is 0 Å². The van der Waals surface area contributed by atoms with E-state index in [2.05, 4.69) is 4.42 Å². The molecule has 1 rings (SSSR count). The summed E-state index contributed by atoms with van der Waals surface area (Å²) in [5.74, 6) is -0.740. The molecule has 0 aliphatic rings. The summed E-state index contributed by atoms with van der Waals surface area (Å²) < 4.78 is 4.55. The molecule has 8 nitrogen and oxygen atoms in total. The zero-order valence-electron chi connectivity index (χ0n) is 6.82. The van der Waals surface area contributed by atoms with Gasteiger partial charge in [0.05, 0.1) is 6.07 Å². The average molecular weight is 202 g/mol. The Labute approximate surface area is 77.1 Å². The molecule has 0 saturated heterocycles. The van der Waals surface area contributed by atoms with Crippen LogP contribution in [0.2, 0.25) is 0 Å². The van der Waals surface area contributed by atoms with E-state index in [4.69, 9.17) is 5.11 Å². The molecule has 14 heavy (non-hydrogen) atoms. The number of aliphatic hydroxyl groups is 1. The summed E-state index contributed by atoms with van der Waals surface area (Å²) in [7, 11) is 0. The Hall–Kier alpha value is -1.96. The van der Waals surface area contributed by atoms with Crippen LogP contribution in [0.15, 0.2) is 16.5 Å². The predicted molar refractivity (Wildman–Crippen MR) is 42.2 cm³/mol. The van der Waals surface area contributed by atoms with E-state index < -0.39 is 28.4 Å². The normalized spacial score (nSPS) is 12.4. The Morgan fingerprint density at radius 3 is 2.50 bits per heavy atom. The number of furan rings is 1. The SMILES string of the molecule is O=[N+]([O-])CC(O)c1ccc([N+](=O)[O-])o1. The highest BCUT2D eigenvalue weighted by atomic mass is 16.7. The maximum absolute atomic E-state index is 10.2. The zero-order chi connectivity index (χ0) is 10.7. The largest absolute Gasteiger partial charge is 0.433 e. The molecular formula is C6H6N2O6. The molecule has 0 aliphatic heterocycles. The monoisotopic (exact) mass is 202 g/mol. The molecule has 0 amide bonds. The van der Waals surface area contributed by atoms with Gasteiger partial charge in [-0.05, 0) is 6.07 Å². The summed E-state index contributed by atoms with van der Waals surface area (Å²) in [5.41, 5.74) is 0. The lowest BCUT2D eigenvalue weighted by atomic mass is 10.3. The van der Waals surface area contributed by atoms with E-state index in [0.717, 1.165) is 12.1 Å². The first kappa shape index (κ1) is 10.1. The van der Waals surface area contributed by atoms with Gasteiger partial charge in [-0.3, -0.25) is 20.2 Å². The summed E-state index contributed by atoms with van der Waals surface area (Å²) in [6.45, 7) is -0.745. The second-order valence-electron chi connectivity index (χ2n) is 2.46. The van der Waals surface area contributed by atoms with Crippen molar-refractivity contribution in [2.24, 2.45) is 0 Å².